The number of ether oxygens (including phenoxy) is 1. The minimum absolute atomic E-state index is 0.0853. The molecule has 27 heavy (non-hydrogen) atoms. The average molecular weight is 396 g/mol. The van der Waals surface area contributed by atoms with Gasteiger partial charge in [-0.05, 0) is 57.9 Å². The molecule has 3 N–H and O–H groups in total. The molecule has 2 bridgehead atoms. The maximum Gasteiger partial charge on any atom is 0.310 e. The van der Waals surface area contributed by atoms with Crippen molar-refractivity contribution >= 4 is 27.6 Å². The van der Waals surface area contributed by atoms with Gasteiger partial charge in [-0.25, -0.2) is 13.1 Å². The van der Waals surface area contributed by atoms with E-state index in [-0.39, 0.29) is 11.0 Å². The molecule has 2 saturated heterocycles. The third-order valence-electron chi connectivity index (χ3n) is 4.73. The van der Waals surface area contributed by atoms with Crippen LogP contribution in [0.15, 0.2) is 29.2 Å². The van der Waals surface area contributed by atoms with Gasteiger partial charge in [0, 0.05) is 11.2 Å². The molecule has 0 saturated carbocycles. The number of carbonyl (C=O) groups excluding carboxylic acids is 1. The second-order valence-corrected chi connectivity index (χ2v) is 9.73. The predicted molar refractivity (Wildman–Crippen MR) is 97.7 cm³/mol. The molecule has 1 aromatic carbocycles. The number of hydrogen-bond donors (Lipinski definition) is 3. The van der Waals surface area contributed by atoms with Crippen molar-refractivity contribution in [2.24, 2.45) is 11.8 Å². The SMILES string of the molecule is CC(C)(C)NS(=O)(=O)c1ccc(NC(=O)[C@@H]2[C@H](C(=O)O)[C@H]3CC[C@H]2O3)cc1. The van der Waals surface area contributed by atoms with E-state index < -0.39 is 45.4 Å². The lowest BCUT2D eigenvalue weighted by atomic mass is 9.78. The Kier molecular flexibility index (Phi) is 5.04. The van der Waals surface area contributed by atoms with Crippen molar-refractivity contribution in [1.82, 2.24) is 4.72 Å². The molecule has 1 amide bonds. The zero-order chi connectivity index (χ0) is 20.0. The first-order valence-corrected chi connectivity index (χ1v) is 10.3. The molecular weight excluding hydrogens is 372 g/mol. The Balaban J connectivity index is 1.72. The van der Waals surface area contributed by atoms with Crippen LogP contribution < -0.4 is 10.0 Å². The third kappa shape index (κ3) is 4.15. The summed E-state index contributed by atoms with van der Waals surface area (Å²) in [6.45, 7) is 5.24. The molecule has 1 aromatic rings. The molecule has 2 aliphatic heterocycles. The number of aliphatic carboxylic acids is 1. The van der Waals surface area contributed by atoms with Crippen molar-refractivity contribution in [2.75, 3.05) is 5.32 Å². The van der Waals surface area contributed by atoms with Crippen LogP contribution in [0.5, 0.6) is 0 Å². The Morgan fingerprint density at radius 3 is 2.15 bits per heavy atom. The fourth-order valence-electron chi connectivity index (χ4n) is 3.73. The summed E-state index contributed by atoms with van der Waals surface area (Å²) >= 11 is 0. The first-order valence-electron chi connectivity index (χ1n) is 8.81. The molecular formula is C18H24N2O6S. The van der Waals surface area contributed by atoms with Gasteiger partial charge in [0.05, 0.1) is 28.9 Å². The Bertz CT molecular complexity index is 844. The smallest absolute Gasteiger partial charge is 0.310 e. The van der Waals surface area contributed by atoms with Crippen molar-refractivity contribution in [1.29, 1.82) is 0 Å². The maximum absolute atomic E-state index is 12.6. The molecule has 2 heterocycles. The Hall–Kier alpha value is -1.97. The van der Waals surface area contributed by atoms with Crippen LogP contribution in [0.1, 0.15) is 33.6 Å². The largest absolute Gasteiger partial charge is 0.481 e. The zero-order valence-electron chi connectivity index (χ0n) is 15.4. The number of benzene rings is 1. The summed E-state index contributed by atoms with van der Waals surface area (Å²) in [6, 6.07) is 5.77. The van der Waals surface area contributed by atoms with Crippen molar-refractivity contribution in [2.45, 2.75) is 56.3 Å². The molecule has 0 aliphatic carbocycles. The summed E-state index contributed by atoms with van der Waals surface area (Å²) in [5.74, 6) is -3.04. The van der Waals surface area contributed by atoms with Crippen LogP contribution >= 0.6 is 0 Å². The van der Waals surface area contributed by atoms with Gasteiger partial charge in [0.2, 0.25) is 15.9 Å². The lowest BCUT2D eigenvalue weighted by Gasteiger charge is -2.24. The molecule has 148 valence electrons. The monoisotopic (exact) mass is 396 g/mol. The number of fused-ring (bicyclic) bond motifs is 2. The second kappa shape index (κ2) is 6.88. The highest BCUT2D eigenvalue weighted by molar-refractivity contribution is 7.89. The molecule has 8 nitrogen and oxygen atoms in total. The maximum atomic E-state index is 12.6. The number of sulfonamides is 1. The summed E-state index contributed by atoms with van der Waals surface area (Å²) < 4.78 is 32.8. The molecule has 0 spiro atoms. The number of carbonyl (C=O) groups is 2. The molecule has 0 radical (unpaired) electrons. The average Bonchev–Trinajstić information content (AvgIpc) is 3.14. The van der Waals surface area contributed by atoms with E-state index in [0.29, 0.717) is 18.5 Å². The third-order valence-corrected chi connectivity index (χ3v) is 6.51. The summed E-state index contributed by atoms with van der Waals surface area (Å²) in [7, 11) is -3.67. The van der Waals surface area contributed by atoms with Crippen molar-refractivity contribution in [3.05, 3.63) is 24.3 Å². The van der Waals surface area contributed by atoms with Crippen molar-refractivity contribution in [3.8, 4) is 0 Å². The van der Waals surface area contributed by atoms with E-state index >= 15 is 0 Å². The highest BCUT2D eigenvalue weighted by Gasteiger charge is 2.55. The van der Waals surface area contributed by atoms with Gasteiger partial charge in [-0.2, -0.15) is 0 Å². The number of amides is 1. The molecule has 9 heteroatoms. The fraction of sp³-hybridized carbons (Fsp3) is 0.556. The Morgan fingerprint density at radius 2 is 1.63 bits per heavy atom. The van der Waals surface area contributed by atoms with Crippen LogP contribution in [-0.4, -0.2) is 43.1 Å². The summed E-state index contributed by atoms with van der Waals surface area (Å²) in [5.41, 5.74) is -0.207. The van der Waals surface area contributed by atoms with E-state index in [1.165, 1.54) is 24.3 Å². The molecule has 0 unspecified atom stereocenters. The number of anilines is 1. The second-order valence-electron chi connectivity index (χ2n) is 8.05. The van der Waals surface area contributed by atoms with Crippen LogP contribution in [0, 0.1) is 11.8 Å². The summed E-state index contributed by atoms with van der Waals surface area (Å²) in [4.78, 5) is 24.2. The minimum Gasteiger partial charge on any atom is -0.481 e. The van der Waals surface area contributed by atoms with E-state index in [4.69, 9.17) is 4.74 Å². The topological polar surface area (TPSA) is 122 Å². The first kappa shape index (κ1) is 19.8. The van der Waals surface area contributed by atoms with Crippen LogP contribution in [0.2, 0.25) is 0 Å². The molecule has 2 aliphatic rings. The Morgan fingerprint density at radius 1 is 1.07 bits per heavy atom. The van der Waals surface area contributed by atoms with Crippen molar-refractivity contribution in [3.63, 3.8) is 0 Å². The van der Waals surface area contributed by atoms with Crippen LogP contribution in [-0.2, 0) is 24.3 Å². The van der Waals surface area contributed by atoms with Gasteiger partial charge in [0.1, 0.15) is 0 Å². The van der Waals surface area contributed by atoms with E-state index in [1.807, 2.05) is 0 Å². The van der Waals surface area contributed by atoms with Gasteiger partial charge >= 0.3 is 5.97 Å². The zero-order valence-corrected chi connectivity index (χ0v) is 16.2. The Labute approximate surface area is 158 Å². The van der Waals surface area contributed by atoms with E-state index in [2.05, 4.69) is 10.0 Å². The van der Waals surface area contributed by atoms with Gasteiger partial charge in [-0.3, -0.25) is 9.59 Å². The van der Waals surface area contributed by atoms with Crippen LogP contribution in [0.4, 0.5) is 5.69 Å². The number of carboxylic acid groups (broad SMARTS) is 1. The van der Waals surface area contributed by atoms with Crippen LogP contribution in [0.3, 0.4) is 0 Å². The highest BCUT2D eigenvalue weighted by atomic mass is 32.2. The molecule has 0 aromatic heterocycles. The van der Waals surface area contributed by atoms with Gasteiger partial charge in [0.25, 0.3) is 0 Å². The minimum atomic E-state index is -3.67. The summed E-state index contributed by atoms with van der Waals surface area (Å²) in [6.07, 6.45) is 0.520. The predicted octanol–water partition coefficient (Wildman–Crippen LogP) is 1.58. The highest BCUT2D eigenvalue weighted by Crippen LogP contribution is 2.44. The van der Waals surface area contributed by atoms with E-state index in [0.717, 1.165) is 0 Å². The normalized spacial score (nSPS) is 27.5. The van der Waals surface area contributed by atoms with Gasteiger partial charge < -0.3 is 15.2 Å². The fourth-order valence-corrected chi connectivity index (χ4v) is 5.15. The molecule has 3 rings (SSSR count). The van der Waals surface area contributed by atoms with Crippen LogP contribution in [0.25, 0.3) is 0 Å². The number of hydrogen-bond acceptors (Lipinski definition) is 5. The molecule has 2 fully saturated rings. The van der Waals surface area contributed by atoms with Gasteiger partial charge in [0.15, 0.2) is 0 Å². The lowest BCUT2D eigenvalue weighted by Crippen LogP contribution is -2.41. The first-order chi connectivity index (χ1) is 12.5. The number of carboxylic acids is 1. The van der Waals surface area contributed by atoms with E-state index in [9.17, 15) is 23.1 Å². The lowest BCUT2D eigenvalue weighted by molar-refractivity contribution is -0.147. The number of rotatable bonds is 5. The van der Waals surface area contributed by atoms with E-state index in [1.54, 1.807) is 20.8 Å². The standard InChI is InChI=1S/C18H24N2O6S/c1-18(2,3)20-27(24,25)11-6-4-10(5-7-11)19-16(21)14-12-8-9-13(26-12)15(14)17(22)23/h4-7,12-15,20H,8-9H2,1-3H3,(H,19,21)(H,22,23)/t12-,13-,14+,15-/m1/s1. The quantitative estimate of drug-likeness (QED) is 0.695. The number of nitrogens with one attached hydrogen (secondary N) is 2. The van der Waals surface area contributed by atoms with Gasteiger partial charge in [-0.15, -0.1) is 0 Å². The van der Waals surface area contributed by atoms with Crippen molar-refractivity contribution < 1.29 is 27.9 Å². The van der Waals surface area contributed by atoms with Gasteiger partial charge in [-0.1, -0.05) is 0 Å². The molecule has 4 atom stereocenters. The summed E-state index contributed by atoms with van der Waals surface area (Å²) in [5, 5.41) is 12.1.